The summed E-state index contributed by atoms with van der Waals surface area (Å²) in [4.78, 5) is 38.8. The molecule has 0 saturated heterocycles. The fourth-order valence-corrected chi connectivity index (χ4v) is 3.07. The number of amides is 2. The van der Waals surface area contributed by atoms with E-state index in [9.17, 15) is 14.4 Å². The predicted octanol–water partition coefficient (Wildman–Crippen LogP) is 3.97. The molecule has 0 unspecified atom stereocenters. The number of carbonyl (C=O) groups is 3. The lowest BCUT2D eigenvalue weighted by Crippen LogP contribution is -2.43. The second-order valence-corrected chi connectivity index (χ2v) is 8.45. The zero-order valence-corrected chi connectivity index (χ0v) is 21.1. The lowest BCUT2D eigenvalue weighted by Gasteiger charge is -2.29. The van der Waals surface area contributed by atoms with Gasteiger partial charge in [0.25, 0.3) is 5.91 Å². The highest BCUT2D eigenvalue weighted by atomic mass is 16.6. The Morgan fingerprint density at radius 3 is 2.35 bits per heavy atom. The molecule has 9 nitrogen and oxygen atoms in total. The Morgan fingerprint density at radius 2 is 1.85 bits per heavy atom. The van der Waals surface area contributed by atoms with Gasteiger partial charge in [-0.05, 0) is 39.8 Å². The van der Waals surface area contributed by atoms with E-state index in [-0.39, 0.29) is 18.8 Å². The molecular formula is C25H36N2O7. The zero-order valence-electron chi connectivity index (χ0n) is 21.1. The van der Waals surface area contributed by atoms with Crippen LogP contribution in [-0.4, -0.2) is 55.3 Å². The quantitative estimate of drug-likeness (QED) is 0.293. The van der Waals surface area contributed by atoms with Crippen LogP contribution in [0, 0.1) is 0 Å². The van der Waals surface area contributed by atoms with E-state index in [0.717, 1.165) is 0 Å². The molecule has 0 saturated carbocycles. The minimum Gasteiger partial charge on any atom is -0.497 e. The van der Waals surface area contributed by atoms with Gasteiger partial charge in [0, 0.05) is 31.5 Å². The summed E-state index contributed by atoms with van der Waals surface area (Å²) < 4.78 is 21.4. The van der Waals surface area contributed by atoms with Crippen LogP contribution in [0.1, 0.15) is 46.6 Å². The van der Waals surface area contributed by atoms with Gasteiger partial charge in [-0.3, -0.25) is 14.9 Å². The topological polar surface area (TPSA) is 103 Å². The van der Waals surface area contributed by atoms with Crippen LogP contribution in [0.15, 0.2) is 42.6 Å². The number of alkyl carbamates (subject to hydrolysis) is 1. The van der Waals surface area contributed by atoms with Crippen LogP contribution < -0.4 is 14.8 Å². The van der Waals surface area contributed by atoms with Gasteiger partial charge in [0.1, 0.15) is 28.9 Å². The third-order valence-electron chi connectivity index (χ3n) is 4.48. The molecule has 1 aromatic rings. The molecule has 1 N–H and O–H groups in total. The number of carbonyl (C=O) groups excluding carboxylic acids is 3. The van der Waals surface area contributed by atoms with Gasteiger partial charge in [0.2, 0.25) is 0 Å². The molecule has 9 heteroatoms. The normalized spacial score (nSPS) is 12.3. The molecule has 0 aliphatic carbocycles. The Kier molecular flexibility index (Phi) is 11.1. The third-order valence-corrected chi connectivity index (χ3v) is 4.48. The Hall–Kier alpha value is -3.49. The summed E-state index contributed by atoms with van der Waals surface area (Å²) in [5, 5.41) is 2.51. The Bertz CT molecular complexity index is 903. The van der Waals surface area contributed by atoms with E-state index in [0.29, 0.717) is 23.5 Å². The van der Waals surface area contributed by atoms with Crippen molar-refractivity contribution in [2.24, 2.45) is 0 Å². The SMILES string of the molecule is C=CC[C@H](CN(Cc1ccc(OC)cc1OC)C(=O)/C(=C\C)NC(=O)OC(C)(C)C)OC(C)=O. The molecule has 2 amide bonds. The van der Waals surface area contributed by atoms with Crippen molar-refractivity contribution < 1.29 is 33.3 Å². The van der Waals surface area contributed by atoms with Crippen molar-refractivity contribution in [1.29, 1.82) is 0 Å². The lowest BCUT2D eigenvalue weighted by atomic mass is 10.1. The summed E-state index contributed by atoms with van der Waals surface area (Å²) in [6, 6.07) is 5.24. The first-order valence-electron chi connectivity index (χ1n) is 10.9. The maximum absolute atomic E-state index is 13.5. The van der Waals surface area contributed by atoms with Gasteiger partial charge in [-0.15, -0.1) is 6.58 Å². The molecule has 0 aliphatic heterocycles. The largest absolute Gasteiger partial charge is 0.497 e. The lowest BCUT2D eigenvalue weighted by molar-refractivity contribution is -0.149. The molecular weight excluding hydrogens is 440 g/mol. The average Bonchev–Trinajstić information content (AvgIpc) is 2.75. The molecule has 1 rings (SSSR count). The number of nitrogens with zero attached hydrogens (tertiary/aromatic N) is 1. The van der Waals surface area contributed by atoms with Crippen LogP contribution in [0.3, 0.4) is 0 Å². The van der Waals surface area contributed by atoms with E-state index < -0.39 is 29.7 Å². The smallest absolute Gasteiger partial charge is 0.412 e. The van der Waals surface area contributed by atoms with Crippen LogP contribution in [0.2, 0.25) is 0 Å². The fourth-order valence-electron chi connectivity index (χ4n) is 3.07. The van der Waals surface area contributed by atoms with Gasteiger partial charge >= 0.3 is 12.1 Å². The van der Waals surface area contributed by atoms with E-state index in [1.54, 1.807) is 59.1 Å². The summed E-state index contributed by atoms with van der Waals surface area (Å²) in [6.07, 6.45) is 2.06. The zero-order chi connectivity index (χ0) is 25.9. The van der Waals surface area contributed by atoms with Crippen LogP contribution in [-0.2, 0) is 25.6 Å². The molecule has 188 valence electrons. The van der Waals surface area contributed by atoms with E-state index in [4.69, 9.17) is 18.9 Å². The Labute approximate surface area is 201 Å². The van der Waals surface area contributed by atoms with Crippen LogP contribution in [0.25, 0.3) is 0 Å². The van der Waals surface area contributed by atoms with Crippen molar-refractivity contribution >= 4 is 18.0 Å². The van der Waals surface area contributed by atoms with Crippen molar-refractivity contribution in [2.45, 2.75) is 59.3 Å². The molecule has 1 atom stereocenters. The van der Waals surface area contributed by atoms with Gasteiger partial charge < -0.3 is 23.8 Å². The van der Waals surface area contributed by atoms with Crippen molar-refractivity contribution in [2.75, 3.05) is 20.8 Å². The number of ether oxygens (including phenoxy) is 4. The second kappa shape index (κ2) is 13.3. The predicted molar refractivity (Wildman–Crippen MR) is 128 cm³/mol. The van der Waals surface area contributed by atoms with Gasteiger partial charge in [-0.25, -0.2) is 4.79 Å². The van der Waals surface area contributed by atoms with Crippen LogP contribution >= 0.6 is 0 Å². The minimum atomic E-state index is -0.751. The number of nitrogens with one attached hydrogen (secondary N) is 1. The van der Waals surface area contributed by atoms with Gasteiger partial charge in [0.15, 0.2) is 0 Å². The van der Waals surface area contributed by atoms with E-state index in [1.807, 2.05) is 0 Å². The Balaban J connectivity index is 3.29. The van der Waals surface area contributed by atoms with Crippen molar-refractivity contribution in [3.8, 4) is 11.5 Å². The first-order valence-corrected chi connectivity index (χ1v) is 10.9. The average molecular weight is 477 g/mol. The summed E-state index contributed by atoms with van der Waals surface area (Å²) in [6.45, 7) is 12.0. The molecule has 0 spiro atoms. The third kappa shape index (κ3) is 9.56. The van der Waals surface area contributed by atoms with Gasteiger partial charge in [-0.2, -0.15) is 0 Å². The molecule has 0 aliphatic rings. The number of esters is 1. The second-order valence-electron chi connectivity index (χ2n) is 8.45. The molecule has 0 bridgehead atoms. The number of benzene rings is 1. The standard InChI is InChI=1S/C25H36N2O7/c1-9-11-20(33-17(3)28)16-27(15-18-12-13-19(31-7)14-22(18)32-8)23(29)21(10-2)26-24(30)34-25(4,5)6/h9-10,12-14,20H,1,11,15-16H2,2-8H3,(H,26,30)/b21-10+/t20-/m1/s1. The number of rotatable bonds is 11. The van der Waals surface area contributed by atoms with Crippen LogP contribution in [0.5, 0.6) is 11.5 Å². The van der Waals surface area contributed by atoms with Crippen molar-refractivity contribution in [1.82, 2.24) is 10.2 Å². The molecule has 0 radical (unpaired) electrons. The maximum atomic E-state index is 13.5. The highest BCUT2D eigenvalue weighted by molar-refractivity contribution is 5.96. The minimum absolute atomic E-state index is 0.0295. The molecule has 0 fully saturated rings. The number of hydrogen-bond acceptors (Lipinski definition) is 7. The van der Waals surface area contributed by atoms with E-state index >= 15 is 0 Å². The first kappa shape index (κ1) is 28.5. The molecule has 0 heterocycles. The summed E-state index contributed by atoms with van der Waals surface area (Å²) in [5.41, 5.74) is -0.00145. The van der Waals surface area contributed by atoms with Crippen molar-refractivity contribution in [3.05, 3.63) is 48.2 Å². The number of methoxy groups -OCH3 is 2. The highest BCUT2D eigenvalue weighted by Gasteiger charge is 2.26. The summed E-state index contributed by atoms with van der Waals surface area (Å²) in [5.74, 6) is 0.169. The van der Waals surface area contributed by atoms with Gasteiger partial charge in [-0.1, -0.05) is 12.2 Å². The monoisotopic (exact) mass is 476 g/mol. The maximum Gasteiger partial charge on any atom is 0.412 e. The van der Waals surface area contributed by atoms with Crippen molar-refractivity contribution in [3.63, 3.8) is 0 Å². The number of hydrogen-bond donors (Lipinski definition) is 1. The van der Waals surface area contributed by atoms with E-state index in [2.05, 4.69) is 11.9 Å². The fraction of sp³-hybridized carbons (Fsp3) is 0.480. The molecule has 34 heavy (non-hydrogen) atoms. The highest BCUT2D eigenvalue weighted by Crippen LogP contribution is 2.26. The summed E-state index contributed by atoms with van der Waals surface area (Å²) >= 11 is 0. The molecule has 0 aromatic heterocycles. The first-order chi connectivity index (χ1) is 15.9. The number of allylic oxidation sites excluding steroid dienone is 1. The van der Waals surface area contributed by atoms with Gasteiger partial charge in [0.05, 0.1) is 20.8 Å². The summed E-state index contributed by atoms with van der Waals surface area (Å²) in [7, 11) is 3.06. The Morgan fingerprint density at radius 1 is 1.18 bits per heavy atom. The van der Waals surface area contributed by atoms with E-state index in [1.165, 1.54) is 25.0 Å². The molecule has 1 aromatic carbocycles. The van der Waals surface area contributed by atoms with Crippen LogP contribution in [0.4, 0.5) is 4.79 Å².